The number of nitrogens with one attached hydrogen (secondary N) is 2. The normalized spacial score (nSPS) is 12.0. The molecule has 0 aliphatic rings. The molecule has 12 nitrogen and oxygen atoms in total. The van der Waals surface area contributed by atoms with Crippen molar-refractivity contribution in [1.82, 2.24) is 15.0 Å². The Morgan fingerprint density at radius 2 is 1.58 bits per heavy atom. The van der Waals surface area contributed by atoms with Crippen molar-refractivity contribution in [3.63, 3.8) is 0 Å². The highest BCUT2D eigenvalue weighted by Crippen LogP contribution is 2.17. The van der Waals surface area contributed by atoms with Gasteiger partial charge in [-0.2, -0.15) is 31.8 Å². The van der Waals surface area contributed by atoms with Crippen LogP contribution in [0.3, 0.4) is 0 Å². The molecule has 0 aliphatic carbocycles. The van der Waals surface area contributed by atoms with Crippen LogP contribution in [0.25, 0.3) is 0 Å². The summed E-state index contributed by atoms with van der Waals surface area (Å²) >= 11 is 0. The van der Waals surface area contributed by atoms with Crippen molar-refractivity contribution in [2.45, 2.75) is 11.4 Å². The summed E-state index contributed by atoms with van der Waals surface area (Å²) < 4.78 is 61.1. The Bertz CT molecular complexity index is 978. The number of nitrogens with two attached hydrogens (primary N) is 1. The van der Waals surface area contributed by atoms with Crippen molar-refractivity contribution in [3.05, 3.63) is 30.1 Å². The molecular weight excluding hydrogens is 388 g/mol. The number of anilines is 3. The lowest BCUT2D eigenvalue weighted by Crippen LogP contribution is -2.18. The molecule has 6 N–H and O–H groups in total. The zero-order valence-electron chi connectivity index (χ0n) is 13.2. The van der Waals surface area contributed by atoms with Gasteiger partial charge in [-0.05, 0) is 24.3 Å². The third-order valence-electron chi connectivity index (χ3n) is 2.92. The Kier molecular flexibility index (Phi) is 6.04. The number of rotatable bonds is 8. The Balaban J connectivity index is 2.16. The predicted molar refractivity (Wildman–Crippen MR) is 92.2 cm³/mol. The van der Waals surface area contributed by atoms with E-state index in [0.29, 0.717) is 5.69 Å². The van der Waals surface area contributed by atoms with Gasteiger partial charge in [0.2, 0.25) is 11.9 Å². The molecule has 0 fully saturated rings. The van der Waals surface area contributed by atoms with E-state index in [4.69, 9.17) is 14.8 Å². The van der Waals surface area contributed by atoms with Crippen LogP contribution in [-0.4, -0.2) is 53.2 Å². The van der Waals surface area contributed by atoms with Crippen LogP contribution in [0.4, 0.5) is 17.6 Å². The first-order chi connectivity index (χ1) is 12.1. The lowest BCUT2D eigenvalue weighted by molar-refractivity contribution is 0.481. The van der Waals surface area contributed by atoms with Gasteiger partial charge in [0.15, 0.2) is 0 Å². The highest BCUT2D eigenvalue weighted by atomic mass is 32.2. The van der Waals surface area contributed by atoms with Crippen molar-refractivity contribution < 1.29 is 25.9 Å². The zero-order chi connectivity index (χ0) is 19.4. The van der Waals surface area contributed by atoms with Gasteiger partial charge in [-0.15, -0.1) is 0 Å². The second-order valence-corrected chi connectivity index (χ2v) is 7.93. The lowest BCUT2D eigenvalue weighted by atomic mass is 10.3. The smallest absolute Gasteiger partial charge is 0.294 e. The van der Waals surface area contributed by atoms with Gasteiger partial charge < -0.3 is 16.4 Å². The minimum absolute atomic E-state index is 0.00806. The topological polar surface area (TPSA) is 197 Å². The monoisotopic (exact) mass is 404 g/mol. The maximum absolute atomic E-state index is 11.0. The Labute approximate surface area is 149 Å². The van der Waals surface area contributed by atoms with Crippen LogP contribution in [0.1, 0.15) is 5.82 Å². The molecule has 14 heteroatoms. The molecular formula is C12H16N6O6S2. The second kappa shape index (κ2) is 7.88. The molecule has 142 valence electrons. The average Bonchev–Trinajstić information content (AvgIpc) is 2.53. The maximum atomic E-state index is 11.0. The van der Waals surface area contributed by atoms with Gasteiger partial charge in [-0.3, -0.25) is 9.11 Å². The molecule has 1 aromatic carbocycles. The van der Waals surface area contributed by atoms with Crippen LogP contribution in [0.5, 0.6) is 0 Å². The van der Waals surface area contributed by atoms with Gasteiger partial charge in [0.05, 0.1) is 17.2 Å². The van der Waals surface area contributed by atoms with E-state index in [-0.39, 0.29) is 35.7 Å². The van der Waals surface area contributed by atoms with Gasteiger partial charge >= 0.3 is 0 Å². The van der Waals surface area contributed by atoms with E-state index >= 15 is 0 Å². The molecule has 1 aromatic heterocycles. The molecule has 0 saturated heterocycles. The Hall–Kier alpha value is -2.39. The molecule has 0 amide bonds. The van der Waals surface area contributed by atoms with Gasteiger partial charge in [-0.1, -0.05) is 0 Å². The highest BCUT2D eigenvalue weighted by molar-refractivity contribution is 7.86. The van der Waals surface area contributed by atoms with Crippen LogP contribution in [0.15, 0.2) is 29.2 Å². The molecule has 1 heterocycles. The van der Waals surface area contributed by atoms with Crippen LogP contribution in [0.2, 0.25) is 0 Å². The summed E-state index contributed by atoms with van der Waals surface area (Å²) in [6.07, 6.45) is 0. The van der Waals surface area contributed by atoms with E-state index in [1.807, 2.05) is 0 Å². The van der Waals surface area contributed by atoms with Crippen LogP contribution < -0.4 is 16.4 Å². The standard InChI is InChI=1S/C12H16N6O6S2/c13-7-10-16-11(14-5-6-25(19,20)21)18-12(17-10)15-8-1-3-9(4-2-8)26(22,23)24/h1-4H,5-7,13H2,(H,19,20,21)(H,22,23,24)(H2,14,15,16,17,18). The number of hydrogen-bond acceptors (Lipinski definition) is 10. The minimum atomic E-state index is -4.30. The number of hydrogen-bond donors (Lipinski definition) is 5. The number of benzene rings is 1. The quantitative estimate of drug-likeness (QED) is 0.358. The van der Waals surface area contributed by atoms with Gasteiger partial charge in [0, 0.05) is 12.2 Å². The fourth-order valence-corrected chi connectivity index (χ4v) is 2.62. The third-order valence-corrected chi connectivity index (χ3v) is 4.50. The lowest BCUT2D eigenvalue weighted by Gasteiger charge is -2.09. The molecule has 0 radical (unpaired) electrons. The first-order valence-corrected chi connectivity index (χ1v) is 10.1. The maximum Gasteiger partial charge on any atom is 0.294 e. The van der Waals surface area contributed by atoms with Crippen molar-refractivity contribution in [3.8, 4) is 0 Å². The van der Waals surface area contributed by atoms with E-state index in [1.165, 1.54) is 24.3 Å². The summed E-state index contributed by atoms with van der Waals surface area (Å²) in [7, 11) is -8.43. The third kappa shape index (κ3) is 6.16. The minimum Gasteiger partial charge on any atom is -0.353 e. The Morgan fingerprint density at radius 3 is 2.12 bits per heavy atom. The van der Waals surface area contributed by atoms with Gasteiger partial charge in [-0.25, -0.2) is 0 Å². The first-order valence-electron chi connectivity index (χ1n) is 7.05. The second-order valence-electron chi connectivity index (χ2n) is 4.94. The molecule has 0 atom stereocenters. The number of aromatic nitrogens is 3. The largest absolute Gasteiger partial charge is 0.353 e. The molecule has 0 aliphatic heterocycles. The molecule has 0 saturated carbocycles. The summed E-state index contributed by atoms with van der Waals surface area (Å²) in [6.45, 7) is -0.138. The molecule has 0 unspecified atom stereocenters. The number of nitrogens with zero attached hydrogens (tertiary/aromatic N) is 3. The predicted octanol–water partition coefficient (Wildman–Crippen LogP) is -0.380. The van der Waals surface area contributed by atoms with E-state index in [1.54, 1.807) is 0 Å². The van der Waals surface area contributed by atoms with Crippen molar-refractivity contribution in [1.29, 1.82) is 0 Å². The van der Waals surface area contributed by atoms with Crippen molar-refractivity contribution >= 4 is 37.8 Å². The Morgan fingerprint density at radius 1 is 0.962 bits per heavy atom. The molecule has 0 bridgehead atoms. The van der Waals surface area contributed by atoms with Crippen LogP contribution >= 0.6 is 0 Å². The van der Waals surface area contributed by atoms with Crippen molar-refractivity contribution in [2.24, 2.45) is 5.73 Å². The van der Waals surface area contributed by atoms with E-state index < -0.39 is 26.0 Å². The van der Waals surface area contributed by atoms with E-state index in [9.17, 15) is 16.8 Å². The summed E-state index contributed by atoms with van der Waals surface area (Å²) in [5.41, 5.74) is 5.93. The van der Waals surface area contributed by atoms with Crippen LogP contribution in [0, 0.1) is 0 Å². The summed E-state index contributed by atoms with van der Waals surface area (Å²) in [5.74, 6) is -0.196. The highest BCUT2D eigenvalue weighted by Gasteiger charge is 2.11. The average molecular weight is 404 g/mol. The first kappa shape index (κ1) is 19.9. The molecule has 2 aromatic rings. The fourth-order valence-electron chi connectivity index (χ4n) is 1.78. The summed E-state index contributed by atoms with van der Waals surface area (Å²) in [5, 5.41) is 5.42. The van der Waals surface area contributed by atoms with Gasteiger partial charge in [0.25, 0.3) is 20.2 Å². The van der Waals surface area contributed by atoms with Crippen LogP contribution in [-0.2, 0) is 26.8 Å². The molecule has 26 heavy (non-hydrogen) atoms. The van der Waals surface area contributed by atoms with E-state index in [2.05, 4.69) is 25.6 Å². The van der Waals surface area contributed by atoms with Crippen molar-refractivity contribution in [2.75, 3.05) is 22.9 Å². The summed E-state index contributed by atoms with van der Waals surface area (Å²) in [4.78, 5) is 11.8. The van der Waals surface area contributed by atoms with Gasteiger partial charge in [0.1, 0.15) is 5.82 Å². The summed E-state index contributed by atoms with van der Waals surface area (Å²) in [6, 6.07) is 5.16. The SMILES string of the molecule is NCc1nc(NCCS(=O)(=O)O)nc(Nc2ccc(S(=O)(=O)O)cc2)n1. The zero-order valence-corrected chi connectivity index (χ0v) is 14.8. The van der Waals surface area contributed by atoms with E-state index in [0.717, 1.165) is 0 Å². The fraction of sp³-hybridized carbons (Fsp3) is 0.250. The molecule has 0 spiro atoms. The molecule has 2 rings (SSSR count).